The maximum Gasteiger partial charge on any atom is 0.0549 e. The lowest BCUT2D eigenvalue weighted by Gasteiger charge is -2.31. The summed E-state index contributed by atoms with van der Waals surface area (Å²) in [4.78, 5) is 0. The van der Waals surface area contributed by atoms with Crippen LogP contribution in [0.5, 0.6) is 0 Å². The van der Waals surface area contributed by atoms with E-state index in [1.54, 1.807) is 0 Å². The Balaban J connectivity index is 1.83. The largest absolute Gasteiger partial charge is 0.382 e. The van der Waals surface area contributed by atoms with E-state index in [0.717, 1.165) is 6.04 Å². The Morgan fingerprint density at radius 1 is 1.33 bits per heavy atom. The summed E-state index contributed by atoms with van der Waals surface area (Å²) in [6.07, 6.45) is 10.1. The molecule has 2 rings (SSSR count). The van der Waals surface area contributed by atoms with Gasteiger partial charge < -0.3 is 10.1 Å². The Morgan fingerprint density at radius 3 is 2.53 bits per heavy atom. The number of ether oxygens (including phenoxy) is 1. The van der Waals surface area contributed by atoms with Crippen LogP contribution in [0.15, 0.2) is 0 Å². The van der Waals surface area contributed by atoms with Gasteiger partial charge in [-0.1, -0.05) is 12.8 Å². The topological polar surface area (TPSA) is 21.3 Å². The van der Waals surface area contributed by atoms with E-state index in [1.807, 2.05) is 7.11 Å². The Hall–Kier alpha value is -0.0800. The zero-order chi connectivity index (χ0) is 10.7. The smallest absolute Gasteiger partial charge is 0.0549 e. The summed E-state index contributed by atoms with van der Waals surface area (Å²) >= 11 is 0. The predicted octanol–water partition coefficient (Wildman–Crippen LogP) is 2.72. The molecule has 2 aliphatic carbocycles. The van der Waals surface area contributed by atoms with Gasteiger partial charge in [-0.3, -0.25) is 0 Å². The van der Waals surface area contributed by atoms with Gasteiger partial charge in [0.25, 0.3) is 0 Å². The number of methoxy groups -OCH3 is 1. The fourth-order valence-corrected chi connectivity index (χ4v) is 2.92. The highest BCUT2D eigenvalue weighted by atomic mass is 16.5. The Bertz CT molecular complexity index is 195. The first-order valence-electron chi connectivity index (χ1n) is 6.50. The fraction of sp³-hybridized carbons (Fsp3) is 1.00. The average molecular weight is 211 g/mol. The van der Waals surface area contributed by atoms with E-state index in [2.05, 4.69) is 12.2 Å². The molecule has 2 heteroatoms. The Labute approximate surface area is 93.8 Å². The van der Waals surface area contributed by atoms with Gasteiger partial charge >= 0.3 is 0 Å². The molecule has 2 fully saturated rings. The third kappa shape index (κ3) is 3.18. The molecule has 0 aromatic heterocycles. The molecule has 0 heterocycles. The molecule has 0 spiro atoms. The summed E-state index contributed by atoms with van der Waals surface area (Å²) in [5, 5.41) is 3.71. The van der Waals surface area contributed by atoms with Gasteiger partial charge in [0, 0.05) is 19.7 Å². The molecule has 0 bridgehead atoms. The van der Waals surface area contributed by atoms with Crippen molar-refractivity contribution in [1.29, 1.82) is 0 Å². The van der Waals surface area contributed by atoms with Crippen LogP contribution in [0.3, 0.4) is 0 Å². The van der Waals surface area contributed by atoms with Gasteiger partial charge in [0.2, 0.25) is 0 Å². The van der Waals surface area contributed by atoms with E-state index in [9.17, 15) is 0 Å². The van der Waals surface area contributed by atoms with Gasteiger partial charge in [0.1, 0.15) is 0 Å². The van der Waals surface area contributed by atoms with Crippen molar-refractivity contribution in [1.82, 2.24) is 5.32 Å². The van der Waals surface area contributed by atoms with Crippen molar-refractivity contribution in [2.75, 3.05) is 13.7 Å². The lowest BCUT2D eigenvalue weighted by molar-refractivity contribution is 0.0648. The zero-order valence-electron chi connectivity index (χ0n) is 10.2. The molecular weight excluding hydrogens is 186 g/mol. The molecule has 2 saturated carbocycles. The highest BCUT2D eigenvalue weighted by Crippen LogP contribution is 2.42. The minimum atomic E-state index is 0.420. The van der Waals surface area contributed by atoms with E-state index in [4.69, 9.17) is 4.74 Å². The molecule has 15 heavy (non-hydrogen) atoms. The van der Waals surface area contributed by atoms with Crippen LogP contribution in [0.1, 0.15) is 51.9 Å². The zero-order valence-corrected chi connectivity index (χ0v) is 10.2. The number of hydrogen-bond donors (Lipinski definition) is 1. The van der Waals surface area contributed by atoms with Gasteiger partial charge in [-0.25, -0.2) is 0 Å². The summed E-state index contributed by atoms with van der Waals surface area (Å²) in [7, 11) is 1.83. The first-order valence-corrected chi connectivity index (χ1v) is 6.50. The standard InChI is InChI=1S/C13H25NO/c1-11(15-2)9-13(7-3-4-8-13)10-14-12-5-6-12/h11-12,14H,3-10H2,1-2H3. The molecule has 2 aliphatic rings. The highest BCUT2D eigenvalue weighted by Gasteiger charge is 2.36. The second kappa shape index (κ2) is 4.84. The monoisotopic (exact) mass is 211 g/mol. The van der Waals surface area contributed by atoms with E-state index in [0.29, 0.717) is 11.5 Å². The molecule has 1 unspecified atom stereocenters. The van der Waals surface area contributed by atoms with E-state index >= 15 is 0 Å². The minimum Gasteiger partial charge on any atom is -0.382 e. The predicted molar refractivity (Wildman–Crippen MR) is 63.0 cm³/mol. The van der Waals surface area contributed by atoms with Crippen LogP contribution in [0.25, 0.3) is 0 Å². The Kier molecular flexibility index (Phi) is 3.68. The van der Waals surface area contributed by atoms with Crippen molar-refractivity contribution in [3.63, 3.8) is 0 Å². The molecule has 0 aliphatic heterocycles. The molecule has 0 radical (unpaired) electrons. The summed E-state index contributed by atoms with van der Waals surface area (Å²) in [5.74, 6) is 0. The normalized spacial score (nSPS) is 26.8. The molecule has 0 aromatic carbocycles. The molecule has 0 amide bonds. The molecule has 1 atom stereocenters. The van der Waals surface area contributed by atoms with Crippen molar-refractivity contribution in [2.24, 2.45) is 5.41 Å². The van der Waals surface area contributed by atoms with Gasteiger partial charge in [0.15, 0.2) is 0 Å². The van der Waals surface area contributed by atoms with Crippen molar-refractivity contribution in [2.45, 2.75) is 64.0 Å². The fourth-order valence-electron chi connectivity index (χ4n) is 2.92. The summed E-state index contributed by atoms with van der Waals surface area (Å²) in [5.41, 5.74) is 0.554. The molecular formula is C13H25NO. The summed E-state index contributed by atoms with van der Waals surface area (Å²) < 4.78 is 5.43. The molecule has 88 valence electrons. The van der Waals surface area contributed by atoms with Crippen LogP contribution in [0.2, 0.25) is 0 Å². The lowest BCUT2D eigenvalue weighted by Crippen LogP contribution is -2.36. The number of rotatable bonds is 6. The third-order valence-corrected chi connectivity index (χ3v) is 4.13. The maximum absolute atomic E-state index is 5.43. The van der Waals surface area contributed by atoms with E-state index in [-0.39, 0.29) is 0 Å². The SMILES string of the molecule is COC(C)CC1(CNC2CC2)CCCC1. The number of hydrogen-bond acceptors (Lipinski definition) is 2. The van der Waals surface area contributed by atoms with E-state index < -0.39 is 0 Å². The van der Waals surface area contributed by atoms with Crippen LogP contribution in [0.4, 0.5) is 0 Å². The van der Waals surface area contributed by atoms with Crippen molar-refractivity contribution < 1.29 is 4.74 Å². The van der Waals surface area contributed by atoms with Crippen molar-refractivity contribution in [3.8, 4) is 0 Å². The van der Waals surface area contributed by atoms with Crippen LogP contribution >= 0.6 is 0 Å². The minimum absolute atomic E-state index is 0.420. The van der Waals surface area contributed by atoms with Gasteiger partial charge in [-0.15, -0.1) is 0 Å². The van der Waals surface area contributed by atoms with Gasteiger partial charge in [-0.2, -0.15) is 0 Å². The van der Waals surface area contributed by atoms with Crippen LogP contribution in [-0.2, 0) is 4.74 Å². The van der Waals surface area contributed by atoms with Crippen LogP contribution in [-0.4, -0.2) is 25.8 Å². The summed E-state index contributed by atoms with van der Waals surface area (Å²) in [6, 6.07) is 0.848. The molecule has 0 saturated heterocycles. The van der Waals surface area contributed by atoms with Gasteiger partial charge in [-0.05, 0) is 44.4 Å². The second-order valence-electron chi connectivity index (χ2n) is 5.61. The van der Waals surface area contributed by atoms with Crippen molar-refractivity contribution >= 4 is 0 Å². The first kappa shape index (κ1) is 11.4. The molecule has 2 nitrogen and oxygen atoms in total. The molecule has 0 aromatic rings. The van der Waals surface area contributed by atoms with Gasteiger partial charge in [0.05, 0.1) is 6.10 Å². The molecule has 1 N–H and O–H groups in total. The third-order valence-electron chi connectivity index (χ3n) is 4.13. The summed E-state index contributed by atoms with van der Waals surface area (Å²) in [6.45, 7) is 3.43. The quantitative estimate of drug-likeness (QED) is 0.729. The Morgan fingerprint density at radius 2 is 2.00 bits per heavy atom. The van der Waals surface area contributed by atoms with Crippen molar-refractivity contribution in [3.05, 3.63) is 0 Å². The second-order valence-corrected chi connectivity index (χ2v) is 5.61. The van der Waals surface area contributed by atoms with E-state index in [1.165, 1.54) is 51.5 Å². The number of nitrogens with one attached hydrogen (secondary N) is 1. The lowest BCUT2D eigenvalue weighted by atomic mass is 9.80. The first-order chi connectivity index (χ1) is 7.24. The highest BCUT2D eigenvalue weighted by molar-refractivity contribution is 4.91. The van der Waals surface area contributed by atoms with Crippen LogP contribution < -0.4 is 5.32 Å². The maximum atomic E-state index is 5.43. The average Bonchev–Trinajstić information content (AvgIpc) is 2.97. The van der Waals surface area contributed by atoms with Crippen LogP contribution in [0, 0.1) is 5.41 Å².